The van der Waals surface area contributed by atoms with Gasteiger partial charge in [0.1, 0.15) is 0 Å². The second-order valence-electron chi connectivity index (χ2n) is 3.57. The molecule has 1 fully saturated rings. The summed E-state index contributed by atoms with van der Waals surface area (Å²) in [6, 6.07) is 0. The molecule has 0 N–H and O–H groups in total. The summed E-state index contributed by atoms with van der Waals surface area (Å²) in [7, 11) is 1.47. The third-order valence-electron chi connectivity index (χ3n) is 2.14. The van der Waals surface area contributed by atoms with Crippen LogP contribution < -0.4 is 0 Å². The Balaban J connectivity index is 0.000000424. The second-order valence-corrected chi connectivity index (χ2v) is 3.57. The van der Waals surface area contributed by atoms with Crippen LogP contribution in [0.4, 0.5) is 0 Å². The van der Waals surface area contributed by atoms with Crippen molar-refractivity contribution in [2.75, 3.05) is 7.11 Å². The highest BCUT2D eigenvalue weighted by Gasteiger charge is 2.20. The van der Waals surface area contributed by atoms with Crippen molar-refractivity contribution in [3.8, 4) is 0 Å². The molecule has 0 heterocycles. The van der Waals surface area contributed by atoms with E-state index in [9.17, 15) is 4.79 Å². The van der Waals surface area contributed by atoms with E-state index in [1.807, 2.05) is 0 Å². The maximum atomic E-state index is 10.9. The van der Waals surface area contributed by atoms with Gasteiger partial charge in [-0.2, -0.15) is 0 Å². The van der Waals surface area contributed by atoms with Crippen LogP contribution in [0.3, 0.4) is 0 Å². The summed E-state index contributed by atoms with van der Waals surface area (Å²) in [6.07, 6.45) is 6.99. The van der Waals surface area contributed by atoms with E-state index in [1.54, 1.807) is 0 Å². The molecular formula is C11H22O2. The summed E-state index contributed by atoms with van der Waals surface area (Å²) in [5.74, 6) is 0.193. The van der Waals surface area contributed by atoms with Gasteiger partial charge in [0, 0.05) is 0 Å². The second kappa shape index (κ2) is 8.09. The molecule has 78 valence electrons. The Morgan fingerprint density at radius 1 is 1.23 bits per heavy atom. The van der Waals surface area contributed by atoms with Gasteiger partial charge in [0.2, 0.25) is 0 Å². The molecule has 1 aliphatic carbocycles. The van der Waals surface area contributed by atoms with E-state index in [0.29, 0.717) is 0 Å². The standard InChI is InChI=1S/C8H14O2.C3H8/c1-10-8(9)7-5-3-2-4-6-7;1-3-2/h7H,2-6H2,1H3;3H2,1-2H3. The molecule has 0 aromatic rings. The van der Waals surface area contributed by atoms with E-state index in [4.69, 9.17) is 0 Å². The lowest BCUT2D eigenvalue weighted by molar-refractivity contribution is -0.146. The molecule has 13 heavy (non-hydrogen) atoms. The minimum atomic E-state index is -0.0142. The van der Waals surface area contributed by atoms with Crippen molar-refractivity contribution >= 4 is 5.97 Å². The van der Waals surface area contributed by atoms with Crippen molar-refractivity contribution in [2.45, 2.75) is 52.4 Å². The number of esters is 1. The Bertz CT molecular complexity index is 126. The van der Waals surface area contributed by atoms with Crippen LogP contribution >= 0.6 is 0 Å². The Morgan fingerprint density at radius 2 is 1.69 bits per heavy atom. The first-order valence-corrected chi connectivity index (χ1v) is 5.34. The first-order valence-electron chi connectivity index (χ1n) is 5.34. The average Bonchev–Trinajstić information content (AvgIpc) is 2.19. The van der Waals surface area contributed by atoms with Crippen molar-refractivity contribution < 1.29 is 9.53 Å². The van der Waals surface area contributed by atoms with Crippen LogP contribution in [0.15, 0.2) is 0 Å². The summed E-state index contributed by atoms with van der Waals surface area (Å²) in [6.45, 7) is 4.25. The lowest BCUT2D eigenvalue weighted by atomic mass is 9.89. The Hall–Kier alpha value is -0.530. The molecule has 0 atom stereocenters. The van der Waals surface area contributed by atoms with Gasteiger partial charge in [0.05, 0.1) is 13.0 Å². The number of carbonyl (C=O) groups excluding carboxylic acids is 1. The van der Waals surface area contributed by atoms with E-state index in [-0.39, 0.29) is 11.9 Å². The maximum Gasteiger partial charge on any atom is 0.308 e. The zero-order valence-corrected chi connectivity index (χ0v) is 9.14. The molecule has 1 rings (SSSR count). The van der Waals surface area contributed by atoms with E-state index in [2.05, 4.69) is 18.6 Å². The quantitative estimate of drug-likeness (QED) is 0.588. The van der Waals surface area contributed by atoms with Gasteiger partial charge in [-0.25, -0.2) is 0 Å². The fraction of sp³-hybridized carbons (Fsp3) is 0.909. The van der Waals surface area contributed by atoms with E-state index < -0.39 is 0 Å². The van der Waals surface area contributed by atoms with Gasteiger partial charge in [0.15, 0.2) is 0 Å². The Labute approximate surface area is 81.7 Å². The maximum absolute atomic E-state index is 10.9. The average molecular weight is 186 g/mol. The topological polar surface area (TPSA) is 26.3 Å². The molecule has 0 aromatic heterocycles. The van der Waals surface area contributed by atoms with Gasteiger partial charge >= 0.3 is 5.97 Å². The lowest BCUT2D eigenvalue weighted by Gasteiger charge is -2.18. The van der Waals surface area contributed by atoms with Crippen molar-refractivity contribution in [1.29, 1.82) is 0 Å². The van der Waals surface area contributed by atoms with Gasteiger partial charge in [-0.3, -0.25) is 4.79 Å². The lowest BCUT2D eigenvalue weighted by Crippen LogP contribution is -2.18. The minimum Gasteiger partial charge on any atom is -0.469 e. The van der Waals surface area contributed by atoms with Crippen LogP contribution in [0, 0.1) is 5.92 Å². The highest BCUT2D eigenvalue weighted by atomic mass is 16.5. The van der Waals surface area contributed by atoms with Crippen LogP contribution in [0.2, 0.25) is 0 Å². The molecular weight excluding hydrogens is 164 g/mol. The largest absolute Gasteiger partial charge is 0.469 e. The zero-order valence-electron chi connectivity index (χ0n) is 9.14. The Morgan fingerprint density at radius 3 is 2.08 bits per heavy atom. The molecule has 0 saturated heterocycles. The molecule has 1 aliphatic rings. The highest BCUT2D eigenvalue weighted by Crippen LogP contribution is 2.24. The fourth-order valence-electron chi connectivity index (χ4n) is 1.50. The van der Waals surface area contributed by atoms with Crippen molar-refractivity contribution in [1.82, 2.24) is 0 Å². The van der Waals surface area contributed by atoms with Gasteiger partial charge in [-0.05, 0) is 12.8 Å². The SMILES string of the molecule is CCC.COC(=O)C1CCCCC1. The number of hydrogen-bond donors (Lipinski definition) is 0. The molecule has 0 aromatic carbocycles. The molecule has 0 radical (unpaired) electrons. The number of ether oxygens (including phenoxy) is 1. The van der Waals surface area contributed by atoms with Gasteiger partial charge in [-0.1, -0.05) is 39.5 Å². The molecule has 2 nitrogen and oxygen atoms in total. The zero-order chi connectivity index (χ0) is 10.1. The number of methoxy groups -OCH3 is 1. The van der Waals surface area contributed by atoms with Crippen LogP contribution in [0.5, 0.6) is 0 Å². The van der Waals surface area contributed by atoms with E-state index in [1.165, 1.54) is 32.8 Å². The number of carbonyl (C=O) groups is 1. The number of rotatable bonds is 1. The molecule has 0 spiro atoms. The summed E-state index contributed by atoms with van der Waals surface area (Å²) in [4.78, 5) is 10.9. The van der Waals surface area contributed by atoms with Crippen molar-refractivity contribution in [2.24, 2.45) is 5.92 Å². The predicted octanol–water partition coefficient (Wildman–Crippen LogP) is 3.16. The normalized spacial score (nSPS) is 17.2. The summed E-state index contributed by atoms with van der Waals surface area (Å²) in [5.41, 5.74) is 0. The first kappa shape index (κ1) is 12.5. The third-order valence-corrected chi connectivity index (χ3v) is 2.14. The highest BCUT2D eigenvalue weighted by molar-refractivity contribution is 5.72. The monoisotopic (exact) mass is 186 g/mol. The van der Waals surface area contributed by atoms with Crippen LogP contribution in [-0.2, 0) is 9.53 Å². The minimum absolute atomic E-state index is 0.0142. The summed E-state index contributed by atoms with van der Waals surface area (Å²) in [5, 5.41) is 0. The molecule has 0 amide bonds. The van der Waals surface area contributed by atoms with Crippen molar-refractivity contribution in [3.05, 3.63) is 0 Å². The molecule has 0 bridgehead atoms. The third kappa shape index (κ3) is 5.67. The fourth-order valence-corrected chi connectivity index (χ4v) is 1.50. The van der Waals surface area contributed by atoms with Crippen molar-refractivity contribution in [3.63, 3.8) is 0 Å². The van der Waals surface area contributed by atoms with Gasteiger partial charge in [0.25, 0.3) is 0 Å². The van der Waals surface area contributed by atoms with Gasteiger partial charge in [-0.15, -0.1) is 0 Å². The van der Waals surface area contributed by atoms with E-state index in [0.717, 1.165) is 12.8 Å². The predicted molar refractivity (Wildman–Crippen MR) is 54.6 cm³/mol. The van der Waals surface area contributed by atoms with Crippen LogP contribution in [0.25, 0.3) is 0 Å². The van der Waals surface area contributed by atoms with Crippen LogP contribution in [-0.4, -0.2) is 13.1 Å². The summed E-state index contributed by atoms with van der Waals surface area (Å²) >= 11 is 0. The molecule has 2 heteroatoms. The smallest absolute Gasteiger partial charge is 0.308 e. The molecule has 0 aliphatic heterocycles. The van der Waals surface area contributed by atoms with Crippen LogP contribution in [0.1, 0.15) is 52.4 Å². The van der Waals surface area contributed by atoms with Gasteiger partial charge < -0.3 is 4.74 Å². The molecule has 0 unspecified atom stereocenters. The van der Waals surface area contributed by atoms with E-state index >= 15 is 0 Å². The molecule has 1 saturated carbocycles. The summed E-state index contributed by atoms with van der Waals surface area (Å²) < 4.78 is 4.65. The first-order chi connectivity index (χ1) is 6.26. The number of hydrogen-bond acceptors (Lipinski definition) is 2. The Kier molecular flexibility index (Phi) is 7.76.